The lowest BCUT2D eigenvalue weighted by molar-refractivity contribution is -0.140. The van der Waals surface area contributed by atoms with E-state index in [1.54, 1.807) is 0 Å². The summed E-state index contributed by atoms with van der Waals surface area (Å²) in [6.07, 6.45) is 2.03. The van der Waals surface area contributed by atoms with Gasteiger partial charge in [-0.3, -0.25) is 5.32 Å². The summed E-state index contributed by atoms with van der Waals surface area (Å²) in [4.78, 5) is 21.5. The molecule has 0 spiro atoms. The number of hydrogen-bond donors (Lipinski definition) is 1. The van der Waals surface area contributed by atoms with Crippen molar-refractivity contribution in [1.82, 2.24) is 5.32 Å². The van der Waals surface area contributed by atoms with Crippen LogP contribution >= 0.6 is 0 Å². The van der Waals surface area contributed by atoms with Gasteiger partial charge in [-0.05, 0) is 6.92 Å². The van der Waals surface area contributed by atoms with Crippen LogP contribution in [-0.4, -0.2) is 57.7 Å². The molecule has 1 N–H and O–H groups in total. The fourth-order valence-electron chi connectivity index (χ4n) is 1.18. The minimum Gasteiger partial charge on any atom is -0.461 e. The monoisotopic (exact) mass is 301 g/mol. The second-order valence-corrected chi connectivity index (χ2v) is 3.82. The molecule has 0 amide bonds. The van der Waals surface area contributed by atoms with Crippen LogP contribution in [0.15, 0.2) is 25.3 Å². The van der Waals surface area contributed by atoms with E-state index >= 15 is 0 Å². The van der Waals surface area contributed by atoms with E-state index in [1.165, 1.54) is 0 Å². The van der Waals surface area contributed by atoms with Crippen LogP contribution in [0, 0.1) is 0 Å². The van der Waals surface area contributed by atoms with Gasteiger partial charge in [-0.2, -0.15) is 0 Å². The lowest BCUT2D eigenvalue weighted by Crippen LogP contribution is -2.33. The molecule has 0 saturated carbocycles. The summed E-state index contributed by atoms with van der Waals surface area (Å²) in [7, 11) is 0. The van der Waals surface area contributed by atoms with Gasteiger partial charge in [0.2, 0.25) is 0 Å². The molecule has 0 aliphatic rings. The van der Waals surface area contributed by atoms with Crippen LogP contribution < -0.4 is 5.32 Å². The van der Waals surface area contributed by atoms with Crippen LogP contribution in [0.1, 0.15) is 6.92 Å². The maximum absolute atomic E-state index is 10.8. The Bertz CT molecular complexity index is 331. The van der Waals surface area contributed by atoms with Crippen molar-refractivity contribution in [2.45, 2.75) is 13.2 Å². The van der Waals surface area contributed by atoms with Crippen LogP contribution in [0.4, 0.5) is 0 Å². The third kappa shape index (κ3) is 13.1. The Hall–Kier alpha value is -1.70. The van der Waals surface area contributed by atoms with Crippen molar-refractivity contribution >= 4 is 11.9 Å². The Morgan fingerprint density at radius 3 is 2.19 bits per heavy atom. The number of carbonyl (C=O) groups is 2. The quantitative estimate of drug-likeness (QED) is 0.228. The van der Waals surface area contributed by atoms with Crippen molar-refractivity contribution in [2.75, 3.05) is 39.6 Å². The molecule has 0 heterocycles. The van der Waals surface area contributed by atoms with Gasteiger partial charge in [-0.25, -0.2) is 9.59 Å². The molecule has 0 saturated heterocycles. The van der Waals surface area contributed by atoms with Gasteiger partial charge >= 0.3 is 11.9 Å². The molecule has 0 aromatic carbocycles. The summed E-state index contributed by atoms with van der Waals surface area (Å²) in [5.74, 6) is -0.916. The maximum atomic E-state index is 10.8. The number of esters is 2. The van der Waals surface area contributed by atoms with Gasteiger partial charge < -0.3 is 18.9 Å². The zero-order chi connectivity index (χ0) is 15.9. The lowest BCUT2D eigenvalue weighted by atomic mass is 10.5. The summed E-state index contributed by atoms with van der Waals surface area (Å²) >= 11 is 0. The first-order valence-corrected chi connectivity index (χ1v) is 6.61. The summed E-state index contributed by atoms with van der Waals surface area (Å²) in [5.41, 5.74) is 0. The van der Waals surface area contributed by atoms with Crippen molar-refractivity contribution in [2.24, 2.45) is 0 Å². The van der Waals surface area contributed by atoms with Gasteiger partial charge in [0.25, 0.3) is 0 Å². The molecule has 1 atom stereocenters. The minimum absolute atomic E-state index is 0.186. The van der Waals surface area contributed by atoms with Gasteiger partial charge in [0, 0.05) is 18.7 Å². The SMILES string of the molecule is C=CC(=O)OCCNC(C)OCCOCCOC(=O)C=C. The smallest absolute Gasteiger partial charge is 0.330 e. The largest absolute Gasteiger partial charge is 0.461 e. The number of carbonyl (C=O) groups excluding carboxylic acids is 2. The summed E-state index contributed by atoms with van der Waals surface area (Å²) < 4.78 is 20.1. The van der Waals surface area contributed by atoms with Gasteiger partial charge in [-0.15, -0.1) is 0 Å². The highest BCUT2D eigenvalue weighted by Gasteiger charge is 2.02. The average molecular weight is 301 g/mol. The van der Waals surface area contributed by atoms with E-state index in [0.29, 0.717) is 26.4 Å². The number of nitrogens with one attached hydrogen (secondary N) is 1. The van der Waals surface area contributed by atoms with Crippen molar-refractivity contribution in [3.05, 3.63) is 25.3 Å². The van der Waals surface area contributed by atoms with Crippen molar-refractivity contribution in [1.29, 1.82) is 0 Å². The molecule has 0 aliphatic carbocycles. The molecule has 0 bridgehead atoms. The van der Waals surface area contributed by atoms with Gasteiger partial charge in [0.15, 0.2) is 0 Å². The van der Waals surface area contributed by atoms with Crippen molar-refractivity contribution in [3.63, 3.8) is 0 Å². The number of hydrogen-bond acceptors (Lipinski definition) is 7. The van der Waals surface area contributed by atoms with Gasteiger partial charge in [0.05, 0.1) is 19.8 Å². The first kappa shape index (κ1) is 19.3. The van der Waals surface area contributed by atoms with E-state index in [2.05, 4.69) is 18.5 Å². The Morgan fingerprint density at radius 2 is 1.57 bits per heavy atom. The van der Waals surface area contributed by atoms with E-state index in [9.17, 15) is 9.59 Å². The molecule has 0 aliphatic heterocycles. The molecule has 21 heavy (non-hydrogen) atoms. The molecular weight excluding hydrogens is 278 g/mol. The third-order valence-electron chi connectivity index (χ3n) is 2.18. The van der Waals surface area contributed by atoms with Crippen LogP contribution in [0.2, 0.25) is 0 Å². The fourth-order valence-corrected chi connectivity index (χ4v) is 1.18. The molecule has 0 aromatic heterocycles. The fraction of sp³-hybridized carbons (Fsp3) is 0.571. The molecule has 0 rings (SSSR count). The molecular formula is C14H23NO6. The van der Waals surface area contributed by atoms with E-state index in [-0.39, 0.29) is 19.4 Å². The maximum Gasteiger partial charge on any atom is 0.330 e. The summed E-state index contributed by atoms with van der Waals surface area (Å²) in [6, 6.07) is 0. The highest BCUT2D eigenvalue weighted by atomic mass is 16.6. The molecule has 1 unspecified atom stereocenters. The number of ether oxygens (including phenoxy) is 4. The summed E-state index contributed by atoms with van der Waals surface area (Å²) in [6.45, 7) is 10.4. The number of rotatable bonds is 13. The second kappa shape index (κ2) is 13.3. The molecule has 7 heteroatoms. The standard InChI is InChI=1S/C14H23NO6/c1-4-13(16)20-7-6-15-12(3)19-10-8-18-9-11-21-14(17)5-2/h4-5,12,15H,1-2,6-11H2,3H3. The predicted molar refractivity (Wildman–Crippen MR) is 76.5 cm³/mol. The summed E-state index contributed by atoms with van der Waals surface area (Å²) in [5, 5.41) is 3.02. The third-order valence-corrected chi connectivity index (χ3v) is 2.18. The van der Waals surface area contributed by atoms with Gasteiger partial charge in [-0.1, -0.05) is 13.2 Å². The predicted octanol–water partition coefficient (Wildman–Crippen LogP) is 0.414. The van der Waals surface area contributed by atoms with E-state index in [4.69, 9.17) is 18.9 Å². The van der Waals surface area contributed by atoms with E-state index < -0.39 is 11.9 Å². The highest BCUT2D eigenvalue weighted by molar-refractivity contribution is 5.81. The van der Waals surface area contributed by atoms with Crippen molar-refractivity contribution < 1.29 is 28.5 Å². The normalized spacial score (nSPS) is 11.5. The highest BCUT2D eigenvalue weighted by Crippen LogP contribution is 1.88. The second-order valence-electron chi connectivity index (χ2n) is 3.82. The Kier molecular flexibility index (Phi) is 12.2. The van der Waals surface area contributed by atoms with Gasteiger partial charge in [0.1, 0.15) is 19.4 Å². The Balaban J connectivity index is 3.31. The Labute approximate surface area is 124 Å². The zero-order valence-corrected chi connectivity index (χ0v) is 12.3. The molecule has 120 valence electrons. The van der Waals surface area contributed by atoms with Crippen LogP contribution in [0.5, 0.6) is 0 Å². The first-order chi connectivity index (χ1) is 10.1. The molecule has 0 aromatic rings. The molecule has 0 radical (unpaired) electrons. The van der Waals surface area contributed by atoms with E-state index in [1.807, 2.05) is 6.92 Å². The van der Waals surface area contributed by atoms with Crippen LogP contribution in [0.3, 0.4) is 0 Å². The molecule has 7 nitrogen and oxygen atoms in total. The van der Waals surface area contributed by atoms with Crippen LogP contribution in [-0.2, 0) is 28.5 Å². The topological polar surface area (TPSA) is 83.1 Å². The molecule has 0 fully saturated rings. The average Bonchev–Trinajstić information content (AvgIpc) is 2.49. The first-order valence-electron chi connectivity index (χ1n) is 6.61. The lowest BCUT2D eigenvalue weighted by Gasteiger charge is -2.14. The van der Waals surface area contributed by atoms with E-state index in [0.717, 1.165) is 12.2 Å². The minimum atomic E-state index is -0.468. The van der Waals surface area contributed by atoms with Crippen molar-refractivity contribution in [3.8, 4) is 0 Å². The zero-order valence-electron chi connectivity index (χ0n) is 12.3. The van der Waals surface area contributed by atoms with Crippen LogP contribution in [0.25, 0.3) is 0 Å². The Morgan fingerprint density at radius 1 is 1.00 bits per heavy atom.